The monoisotopic (exact) mass is 330 g/mol. The summed E-state index contributed by atoms with van der Waals surface area (Å²) in [6, 6.07) is 15.2. The van der Waals surface area contributed by atoms with Gasteiger partial charge in [0, 0.05) is 11.1 Å². The maximum Gasteiger partial charge on any atom is 0.573 e. The number of ether oxygens (including phenoxy) is 1. The van der Waals surface area contributed by atoms with Crippen molar-refractivity contribution in [1.29, 1.82) is 10.5 Å². The Morgan fingerprint density at radius 3 is 2.17 bits per heavy atom. The molecule has 0 saturated heterocycles. The summed E-state index contributed by atoms with van der Waals surface area (Å²) >= 11 is 0. The first-order valence-electron chi connectivity index (χ1n) is 6.52. The molecule has 2 aromatic carbocycles. The fraction of sp³-hybridized carbons (Fsp3) is 0.0625. The van der Waals surface area contributed by atoms with Gasteiger partial charge in [0.2, 0.25) is 5.71 Å². The first-order chi connectivity index (χ1) is 11.4. The Balaban J connectivity index is 2.46. The van der Waals surface area contributed by atoms with Crippen molar-refractivity contribution in [3.05, 3.63) is 48.5 Å². The van der Waals surface area contributed by atoms with Crippen molar-refractivity contribution in [3.63, 3.8) is 0 Å². The zero-order chi connectivity index (χ0) is 17.6. The van der Waals surface area contributed by atoms with Crippen LogP contribution in [0.2, 0.25) is 0 Å². The van der Waals surface area contributed by atoms with Crippen molar-refractivity contribution in [2.75, 3.05) is 5.43 Å². The lowest BCUT2D eigenvalue weighted by molar-refractivity contribution is -0.274. The van der Waals surface area contributed by atoms with E-state index in [2.05, 4.69) is 15.3 Å². The lowest BCUT2D eigenvalue weighted by atomic mass is 10.0. The highest BCUT2D eigenvalue weighted by atomic mass is 19.4. The Bertz CT molecular complexity index is 831. The minimum Gasteiger partial charge on any atom is -0.405 e. The minimum atomic E-state index is -4.83. The van der Waals surface area contributed by atoms with Gasteiger partial charge < -0.3 is 4.74 Å². The van der Waals surface area contributed by atoms with E-state index >= 15 is 0 Å². The largest absolute Gasteiger partial charge is 0.573 e. The first-order valence-corrected chi connectivity index (χ1v) is 6.52. The average Bonchev–Trinajstić information content (AvgIpc) is 2.55. The van der Waals surface area contributed by atoms with Gasteiger partial charge in [0.25, 0.3) is 0 Å². The zero-order valence-corrected chi connectivity index (χ0v) is 12.0. The van der Waals surface area contributed by atoms with Crippen LogP contribution in [-0.2, 0) is 0 Å². The van der Waals surface area contributed by atoms with E-state index in [1.807, 2.05) is 0 Å². The molecule has 8 heteroatoms. The maximum absolute atomic E-state index is 12.6. The number of hydrogen-bond acceptors (Lipinski definition) is 5. The van der Waals surface area contributed by atoms with E-state index in [1.54, 1.807) is 42.5 Å². The molecule has 0 aliphatic rings. The minimum absolute atomic E-state index is 0.184. The topological polar surface area (TPSA) is 81.2 Å². The highest BCUT2D eigenvalue weighted by Gasteiger charge is 2.32. The lowest BCUT2D eigenvalue weighted by Gasteiger charge is -2.15. The van der Waals surface area contributed by atoms with E-state index in [0.717, 1.165) is 0 Å². The van der Waals surface area contributed by atoms with Crippen molar-refractivity contribution in [1.82, 2.24) is 0 Å². The molecule has 1 N–H and O–H groups in total. The number of halogens is 3. The Morgan fingerprint density at radius 2 is 1.54 bits per heavy atom. The number of nitrogens with zero attached hydrogens (tertiary/aromatic N) is 3. The molecule has 24 heavy (non-hydrogen) atoms. The van der Waals surface area contributed by atoms with Gasteiger partial charge in [0.15, 0.2) is 0 Å². The summed E-state index contributed by atoms with van der Waals surface area (Å²) in [5, 5.41) is 21.0. The highest BCUT2D eigenvalue weighted by molar-refractivity contribution is 6.10. The van der Waals surface area contributed by atoms with Crippen LogP contribution in [0.5, 0.6) is 5.75 Å². The summed E-state index contributed by atoms with van der Waals surface area (Å²) < 4.78 is 41.7. The number of benzene rings is 2. The molecule has 0 amide bonds. The SMILES string of the molecule is N#CC(C#N)=NNc1ccccc1-c1ccccc1OC(F)(F)F. The van der Waals surface area contributed by atoms with E-state index in [-0.39, 0.29) is 11.3 Å². The first kappa shape index (κ1) is 16.8. The molecule has 0 unspecified atom stereocenters. The number of nitrogens with one attached hydrogen (secondary N) is 1. The van der Waals surface area contributed by atoms with Crippen LogP contribution in [0.1, 0.15) is 0 Å². The third kappa shape index (κ3) is 4.24. The second-order valence-corrected chi connectivity index (χ2v) is 4.39. The molecule has 0 saturated carbocycles. The second-order valence-electron chi connectivity index (χ2n) is 4.39. The molecule has 0 spiro atoms. The standard InChI is InChI=1S/C16H9F3N4O/c17-16(18,19)24-15-8-4-2-6-13(15)12-5-1-3-7-14(12)23-22-11(9-20)10-21/h1-8,23H. The van der Waals surface area contributed by atoms with E-state index in [4.69, 9.17) is 10.5 Å². The lowest BCUT2D eigenvalue weighted by Crippen LogP contribution is -2.17. The van der Waals surface area contributed by atoms with Crippen molar-refractivity contribution in [3.8, 4) is 29.0 Å². The summed E-state index contributed by atoms with van der Waals surface area (Å²) in [5.74, 6) is -0.371. The molecule has 0 aliphatic carbocycles. The fourth-order valence-corrected chi connectivity index (χ4v) is 1.91. The van der Waals surface area contributed by atoms with Crippen molar-refractivity contribution in [2.45, 2.75) is 6.36 Å². The predicted octanol–water partition coefficient (Wildman–Crippen LogP) is 4.07. The van der Waals surface area contributed by atoms with E-state index in [1.165, 1.54) is 18.2 Å². The molecule has 0 heterocycles. The molecule has 0 atom stereocenters. The smallest absolute Gasteiger partial charge is 0.405 e. The van der Waals surface area contributed by atoms with Crippen LogP contribution < -0.4 is 10.2 Å². The Hall–Kier alpha value is -3.52. The van der Waals surface area contributed by atoms with Gasteiger partial charge in [-0.15, -0.1) is 13.2 Å². The number of rotatable bonds is 4. The third-order valence-corrected chi connectivity index (χ3v) is 2.83. The van der Waals surface area contributed by atoms with Gasteiger partial charge in [-0.05, 0) is 12.1 Å². The van der Waals surface area contributed by atoms with Crippen molar-refractivity contribution in [2.24, 2.45) is 5.10 Å². The van der Waals surface area contributed by atoms with Gasteiger partial charge in [0.05, 0.1) is 5.69 Å². The second kappa shape index (κ2) is 7.16. The van der Waals surface area contributed by atoms with Gasteiger partial charge in [-0.25, -0.2) is 0 Å². The molecule has 2 aromatic rings. The fourth-order valence-electron chi connectivity index (χ4n) is 1.91. The van der Waals surface area contributed by atoms with Crippen LogP contribution >= 0.6 is 0 Å². The van der Waals surface area contributed by atoms with Crippen LogP contribution in [0, 0.1) is 22.7 Å². The molecule has 5 nitrogen and oxygen atoms in total. The van der Waals surface area contributed by atoms with Crippen LogP contribution in [0.15, 0.2) is 53.6 Å². The highest BCUT2D eigenvalue weighted by Crippen LogP contribution is 2.37. The van der Waals surface area contributed by atoms with E-state index in [0.29, 0.717) is 11.3 Å². The number of anilines is 1. The summed E-state index contributed by atoms with van der Waals surface area (Å²) in [7, 11) is 0. The average molecular weight is 330 g/mol. The molecule has 2 rings (SSSR count). The number of alkyl halides is 3. The Morgan fingerprint density at radius 1 is 0.958 bits per heavy atom. The summed E-state index contributed by atoms with van der Waals surface area (Å²) in [5.41, 5.74) is 2.97. The van der Waals surface area contributed by atoms with Crippen LogP contribution in [0.4, 0.5) is 18.9 Å². The molecular formula is C16H9F3N4O. The molecule has 0 aromatic heterocycles. The summed E-state index contributed by atoms with van der Waals surface area (Å²) in [6.07, 6.45) is -4.83. The van der Waals surface area contributed by atoms with E-state index < -0.39 is 12.1 Å². The van der Waals surface area contributed by atoms with E-state index in [9.17, 15) is 13.2 Å². The zero-order valence-electron chi connectivity index (χ0n) is 12.0. The molecule has 0 radical (unpaired) electrons. The third-order valence-electron chi connectivity index (χ3n) is 2.83. The molecule has 0 fully saturated rings. The molecule has 0 aliphatic heterocycles. The van der Waals surface area contributed by atoms with Gasteiger partial charge in [-0.3, -0.25) is 5.43 Å². The van der Waals surface area contributed by atoms with Crippen LogP contribution in [-0.4, -0.2) is 12.1 Å². The number of nitriles is 2. The molecular weight excluding hydrogens is 321 g/mol. The van der Waals surface area contributed by atoms with Crippen molar-refractivity contribution < 1.29 is 17.9 Å². The molecule has 0 bridgehead atoms. The Labute approximate surface area is 135 Å². The van der Waals surface area contributed by atoms with Crippen LogP contribution in [0.3, 0.4) is 0 Å². The summed E-state index contributed by atoms with van der Waals surface area (Å²) in [4.78, 5) is 0. The quantitative estimate of drug-likeness (QED) is 0.677. The molecule has 120 valence electrons. The van der Waals surface area contributed by atoms with Gasteiger partial charge in [0.1, 0.15) is 17.9 Å². The predicted molar refractivity (Wildman–Crippen MR) is 80.8 cm³/mol. The van der Waals surface area contributed by atoms with Crippen molar-refractivity contribution >= 4 is 11.4 Å². The Kier molecular flexibility index (Phi) is 5.03. The van der Waals surface area contributed by atoms with Gasteiger partial charge in [-0.2, -0.15) is 15.6 Å². The van der Waals surface area contributed by atoms with Crippen LogP contribution in [0.25, 0.3) is 11.1 Å². The number of hydrazone groups is 1. The number of hydrogen-bond donors (Lipinski definition) is 1. The summed E-state index contributed by atoms with van der Waals surface area (Å²) in [6.45, 7) is 0. The normalized spacial score (nSPS) is 10.2. The van der Waals surface area contributed by atoms with Gasteiger partial charge >= 0.3 is 6.36 Å². The number of para-hydroxylation sites is 2. The maximum atomic E-state index is 12.6. The van der Waals surface area contributed by atoms with Gasteiger partial charge in [-0.1, -0.05) is 36.4 Å².